The number of rotatable bonds is 9. The molecule has 0 bridgehead atoms. The summed E-state index contributed by atoms with van der Waals surface area (Å²) < 4.78 is 29.9. The molecule has 0 saturated carbocycles. The zero-order valence-electron chi connectivity index (χ0n) is 10.3. The smallest absolute Gasteiger partial charge is 0.261 e. The molecule has 0 fully saturated rings. The van der Waals surface area contributed by atoms with E-state index in [0.717, 1.165) is 23.9 Å². The lowest BCUT2D eigenvalue weighted by atomic mass is 10.1. The molecule has 1 N–H and O–H groups in total. The van der Waals surface area contributed by atoms with Gasteiger partial charge in [0.15, 0.2) is 0 Å². The zero-order valence-corrected chi connectivity index (χ0v) is 12.7. The van der Waals surface area contributed by atoms with E-state index in [1.54, 1.807) is 11.3 Å². The zero-order chi connectivity index (χ0) is 13.4. The average molecular weight is 342 g/mol. The van der Waals surface area contributed by atoms with Crippen molar-refractivity contribution in [2.24, 2.45) is 0 Å². The third kappa shape index (κ3) is 6.22. The van der Waals surface area contributed by atoms with Gasteiger partial charge in [0.1, 0.15) is 6.61 Å². The molecule has 104 valence electrons. The van der Waals surface area contributed by atoms with Gasteiger partial charge >= 0.3 is 0 Å². The summed E-state index contributed by atoms with van der Waals surface area (Å²) in [5.74, 6) is 0. The highest BCUT2D eigenvalue weighted by atomic mass is 79.9. The van der Waals surface area contributed by atoms with E-state index < -0.39 is 13.0 Å². The van der Waals surface area contributed by atoms with Crippen LogP contribution in [-0.2, 0) is 11.2 Å². The number of hydrogen-bond acceptors (Lipinski definition) is 3. The van der Waals surface area contributed by atoms with Crippen LogP contribution in [-0.4, -0.2) is 32.2 Å². The monoisotopic (exact) mass is 341 g/mol. The molecule has 2 nitrogen and oxygen atoms in total. The van der Waals surface area contributed by atoms with Crippen molar-refractivity contribution in [1.82, 2.24) is 5.32 Å². The van der Waals surface area contributed by atoms with E-state index in [-0.39, 0.29) is 6.04 Å². The number of halogens is 3. The molecule has 0 aromatic carbocycles. The van der Waals surface area contributed by atoms with Gasteiger partial charge in [0.2, 0.25) is 0 Å². The van der Waals surface area contributed by atoms with Gasteiger partial charge in [0.25, 0.3) is 6.43 Å². The number of hydrogen-bond donors (Lipinski definition) is 1. The first-order valence-corrected chi connectivity index (χ1v) is 7.61. The van der Waals surface area contributed by atoms with Gasteiger partial charge < -0.3 is 10.1 Å². The summed E-state index contributed by atoms with van der Waals surface area (Å²) in [5.41, 5.74) is 0. The molecule has 0 spiro atoms. The van der Waals surface area contributed by atoms with E-state index >= 15 is 0 Å². The molecular formula is C12H18BrF2NOS. The van der Waals surface area contributed by atoms with E-state index in [1.165, 1.54) is 4.88 Å². The fourth-order valence-corrected chi connectivity index (χ4v) is 3.25. The van der Waals surface area contributed by atoms with Crippen LogP contribution in [0.4, 0.5) is 8.78 Å². The quantitative estimate of drug-likeness (QED) is 0.691. The van der Waals surface area contributed by atoms with Crippen LogP contribution in [0.1, 0.15) is 18.2 Å². The topological polar surface area (TPSA) is 21.3 Å². The molecule has 1 unspecified atom stereocenters. The molecule has 0 aliphatic carbocycles. The molecule has 0 aliphatic rings. The SMILES string of the molecule is CCNC(CCOCC(F)F)Cc1sccc1Br. The number of thiophene rings is 1. The second-order valence-corrected chi connectivity index (χ2v) is 5.76. The molecule has 0 amide bonds. The summed E-state index contributed by atoms with van der Waals surface area (Å²) in [6.07, 6.45) is -0.747. The van der Waals surface area contributed by atoms with Crippen molar-refractivity contribution in [3.8, 4) is 0 Å². The summed E-state index contributed by atoms with van der Waals surface area (Å²) in [4.78, 5) is 1.27. The molecule has 0 saturated heterocycles. The van der Waals surface area contributed by atoms with Crippen molar-refractivity contribution >= 4 is 27.3 Å². The Morgan fingerprint density at radius 2 is 2.28 bits per heavy atom. The van der Waals surface area contributed by atoms with Crippen LogP contribution >= 0.6 is 27.3 Å². The minimum Gasteiger partial charge on any atom is -0.375 e. The molecule has 1 aromatic heterocycles. The van der Waals surface area contributed by atoms with Crippen LogP contribution in [0.15, 0.2) is 15.9 Å². The summed E-state index contributed by atoms with van der Waals surface area (Å²) >= 11 is 5.20. The predicted molar refractivity (Wildman–Crippen MR) is 74.6 cm³/mol. The maximum absolute atomic E-state index is 11.9. The normalized spacial score (nSPS) is 13.2. The Balaban J connectivity index is 2.33. The largest absolute Gasteiger partial charge is 0.375 e. The second-order valence-electron chi connectivity index (χ2n) is 3.91. The molecule has 6 heteroatoms. The number of ether oxygens (including phenoxy) is 1. The van der Waals surface area contributed by atoms with Gasteiger partial charge in [-0.05, 0) is 46.8 Å². The molecule has 0 radical (unpaired) electrons. The first kappa shape index (κ1) is 16.0. The fourth-order valence-electron chi connectivity index (χ4n) is 1.66. The van der Waals surface area contributed by atoms with E-state index in [9.17, 15) is 8.78 Å². The van der Waals surface area contributed by atoms with Gasteiger partial charge in [-0.3, -0.25) is 0 Å². The number of nitrogens with one attached hydrogen (secondary N) is 1. The second kappa shape index (κ2) is 8.96. The van der Waals surface area contributed by atoms with Gasteiger partial charge in [-0.15, -0.1) is 11.3 Å². The first-order chi connectivity index (χ1) is 8.63. The summed E-state index contributed by atoms with van der Waals surface area (Å²) in [5, 5.41) is 5.39. The van der Waals surface area contributed by atoms with Crippen molar-refractivity contribution < 1.29 is 13.5 Å². The molecular weight excluding hydrogens is 324 g/mol. The standard InChI is InChI=1S/C12H18BrF2NOS/c1-2-16-9(3-5-17-8-12(14)15)7-11-10(13)4-6-18-11/h4,6,9,12,16H,2-3,5,7-8H2,1H3. The third-order valence-corrected chi connectivity index (χ3v) is 4.42. The van der Waals surface area contributed by atoms with Gasteiger partial charge in [-0.2, -0.15) is 0 Å². The Labute approximate surface area is 119 Å². The predicted octanol–water partition coefficient (Wildman–Crippen LogP) is 3.70. The maximum atomic E-state index is 11.9. The van der Waals surface area contributed by atoms with E-state index in [2.05, 4.69) is 21.2 Å². The lowest BCUT2D eigenvalue weighted by molar-refractivity contribution is 0.0145. The number of alkyl halides is 2. The Bertz CT molecular complexity index is 336. The average Bonchev–Trinajstić information content (AvgIpc) is 2.70. The van der Waals surface area contributed by atoms with E-state index in [1.807, 2.05) is 18.4 Å². The van der Waals surface area contributed by atoms with Gasteiger partial charge in [-0.25, -0.2) is 8.78 Å². The lowest BCUT2D eigenvalue weighted by Crippen LogP contribution is -2.32. The molecule has 1 atom stereocenters. The van der Waals surface area contributed by atoms with Crippen molar-refractivity contribution in [2.75, 3.05) is 19.8 Å². The Morgan fingerprint density at radius 1 is 1.50 bits per heavy atom. The molecule has 1 rings (SSSR count). The molecule has 1 heterocycles. The van der Waals surface area contributed by atoms with Crippen LogP contribution in [0.3, 0.4) is 0 Å². The van der Waals surface area contributed by atoms with Crippen LogP contribution < -0.4 is 5.32 Å². The van der Waals surface area contributed by atoms with Crippen molar-refractivity contribution in [1.29, 1.82) is 0 Å². The highest BCUT2D eigenvalue weighted by molar-refractivity contribution is 9.10. The van der Waals surface area contributed by atoms with E-state index in [0.29, 0.717) is 6.61 Å². The Kier molecular flexibility index (Phi) is 7.97. The highest BCUT2D eigenvalue weighted by Crippen LogP contribution is 2.24. The van der Waals surface area contributed by atoms with Gasteiger partial charge in [0.05, 0.1) is 0 Å². The molecule has 1 aromatic rings. The lowest BCUT2D eigenvalue weighted by Gasteiger charge is -2.17. The summed E-state index contributed by atoms with van der Waals surface area (Å²) in [6, 6.07) is 2.29. The van der Waals surface area contributed by atoms with Crippen molar-refractivity contribution in [3.05, 3.63) is 20.8 Å². The van der Waals surface area contributed by atoms with Crippen molar-refractivity contribution in [3.63, 3.8) is 0 Å². The maximum Gasteiger partial charge on any atom is 0.261 e. The Morgan fingerprint density at radius 3 is 2.83 bits per heavy atom. The van der Waals surface area contributed by atoms with E-state index in [4.69, 9.17) is 4.74 Å². The van der Waals surface area contributed by atoms with Gasteiger partial charge in [0, 0.05) is 22.0 Å². The Hall–Kier alpha value is -0.0400. The molecule has 18 heavy (non-hydrogen) atoms. The highest BCUT2D eigenvalue weighted by Gasteiger charge is 2.12. The third-order valence-electron chi connectivity index (χ3n) is 2.47. The van der Waals surface area contributed by atoms with Gasteiger partial charge in [-0.1, -0.05) is 6.92 Å². The van der Waals surface area contributed by atoms with Crippen molar-refractivity contribution in [2.45, 2.75) is 32.2 Å². The van der Waals surface area contributed by atoms with Crippen LogP contribution in [0, 0.1) is 0 Å². The van der Waals surface area contributed by atoms with Crippen LogP contribution in [0.5, 0.6) is 0 Å². The van der Waals surface area contributed by atoms with Crippen LogP contribution in [0.25, 0.3) is 0 Å². The minimum absolute atomic E-state index is 0.266. The molecule has 0 aliphatic heterocycles. The minimum atomic E-state index is -2.38. The first-order valence-electron chi connectivity index (χ1n) is 5.94. The summed E-state index contributed by atoms with van der Waals surface area (Å²) in [6.45, 7) is 2.80. The fraction of sp³-hybridized carbons (Fsp3) is 0.667. The van der Waals surface area contributed by atoms with Crippen LogP contribution in [0.2, 0.25) is 0 Å². The number of likely N-dealkylation sites (N-methyl/N-ethyl adjacent to an activating group) is 1. The summed E-state index contributed by atoms with van der Waals surface area (Å²) in [7, 11) is 0.